The molecule has 0 saturated carbocycles. The van der Waals surface area contributed by atoms with Crippen LogP contribution in [0.25, 0.3) is 21.5 Å². The first kappa shape index (κ1) is 14.4. The Morgan fingerprint density at radius 3 is 2.77 bits per heavy atom. The molecular formula is C15H14N4O2S. The van der Waals surface area contributed by atoms with Gasteiger partial charge < -0.3 is 16.2 Å². The summed E-state index contributed by atoms with van der Waals surface area (Å²) in [4.78, 5) is 21.7. The Hall–Kier alpha value is -2.51. The largest absolute Gasteiger partial charge is 0.395 e. The molecular weight excluding hydrogens is 300 g/mol. The molecule has 6 nitrogen and oxygen atoms in total. The number of nitrogens with two attached hydrogens (primary N) is 1. The van der Waals surface area contributed by atoms with Gasteiger partial charge in [0.2, 0.25) is 5.95 Å². The maximum Gasteiger partial charge on any atom is 0.261 e. The lowest BCUT2D eigenvalue weighted by Gasteiger charge is -2.03. The molecule has 2 aromatic heterocycles. The van der Waals surface area contributed by atoms with Crippen molar-refractivity contribution in [2.24, 2.45) is 0 Å². The molecule has 0 radical (unpaired) electrons. The summed E-state index contributed by atoms with van der Waals surface area (Å²) >= 11 is 1.25. The van der Waals surface area contributed by atoms with E-state index in [1.54, 1.807) is 6.07 Å². The second-order valence-electron chi connectivity index (χ2n) is 4.61. The van der Waals surface area contributed by atoms with Gasteiger partial charge in [-0.1, -0.05) is 30.3 Å². The smallest absolute Gasteiger partial charge is 0.261 e. The minimum absolute atomic E-state index is 0.0986. The molecule has 0 spiro atoms. The molecule has 112 valence electrons. The second-order valence-corrected chi connectivity index (χ2v) is 5.64. The topological polar surface area (TPSA) is 101 Å². The van der Waals surface area contributed by atoms with Crippen molar-refractivity contribution in [1.82, 2.24) is 15.3 Å². The minimum atomic E-state index is -0.241. The molecule has 3 rings (SSSR count). The predicted octanol–water partition coefficient (Wildman–Crippen LogP) is 1.66. The number of thiophene rings is 1. The highest BCUT2D eigenvalue weighted by Crippen LogP contribution is 2.32. The standard InChI is InChI=1S/C15H14N4O2S/c16-15-18-12(9-4-2-1-3-5-9)10-8-11(22-14(10)19-15)13(21)17-6-7-20/h1-5,8,20H,6-7H2,(H,17,21)(H2,16,18,19). The molecule has 0 bridgehead atoms. The van der Waals surface area contributed by atoms with Gasteiger partial charge in [0.25, 0.3) is 5.91 Å². The Balaban J connectivity index is 2.10. The zero-order valence-electron chi connectivity index (χ0n) is 11.6. The van der Waals surface area contributed by atoms with E-state index in [2.05, 4.69) is 15.3 Å². The van der Waals surface area contributed by atoms with E-state index in [1.165, 1.54) is 11.3 Å². The lowest BCUT2D eigenvalue weighted by atomic mass is 10.1. The van der Waals surface area contributed by atoms with E-state index in [0.29, 0.717) is 15.4 Å². The summed E-state index contributed by atoms with van der Waals surface area (Å²) in [5.41, 5.74) is 7.41. The Labute approximate surface area is 130 Å². The number of hydrogen-bond donors (Lipinski definition) is 3. The summed E-state index contributed by atoms with van der Waals surface area (Å²) < 4.78 is 0. The number of benzene rings is 1. The molecule has 1 aromatic carbocycles. The van der Waals surface area contributed by atoms with Crippen molar-refractivity contribution in [3.05, 3.63) is 41.3 Å². The number of nitrogen functional groups attached to an aromatic ring is 1. The highest BCUT2D eigenvalue weighted by molar-refractivity contribution is 7.20. The summed E-state index contributed by atoms with van der Waals surface area (Å²) in [7, 11) is 0. The number of anilines is 1. The number of aliphatic hydroxyl groups is 1. The number of carbonyl (C=O) groups is 1. The molecule has 3 aromatic rings. The molecule has 0 atom stereocenters. The molecule has 4 N–H and O–H groups in total. The number of carbonyl (C=O) groups excluding carboxylic acids is 1. The monoisotopic (exact) mass is 314 g/mol. The summed E-state index contributed by atoms with van der Waals surface area (Å²) in [6.07, 6.45) is 0. The number of amides is 1. The first-order chi connectivity index (χ1) is 10.7. The molecule has 0 fully saturated rings. The van der Waals surface area contributed by atoms with Crippen LogP contribution < -0.4 is 11.1 Å². The van der Waals surface area contributed by atoms with Crippen LogP contribution in [0, 0.1) is 0 Å². The lowest BCUT2D eigenvalue weighted by molar-refractivity contribution is 0.0949. The van der Waals surface area contributed by atoms with Crippen LogP contribution >= 0.6 is 11.3 Å². The van der Waals surface area contributed by atoms with Gasteiger partial charge in [0.1, 0.15) is 4.83 Å². The maximum absolute atomic E-state index is 12.0. The average Bonchev–Trinajstić information content (AvgIpc) is 2.96. The van der Waals surface area contributed by atoms with Gasteiger partial charge in [-0.2, -0.15) is 0 Å². The zero-order chi connectivity index (χ0) is 15.5. The molecule has 2 heterocycles. The quantitative estimate of drug-likeness (QED) is 0.680. The number of fused-ring (bicyclic) bond motifs is 1. The average molecular weight is 314 g/mol. The Kier molecular flexibility index (Phi) is 3.99. The van der Waals surface area contributed by atoms with Crippen LogP contribution in [-0.2, 0) is 0 Å². The van der Waals surface area contributed by atoms with Crippen molar-refractivity contribution < 1.29 is 9.90 Å². The third kappa shape index (κ3) is 2.76. The van der Waals surface area contributed by atoms with Gasteiger partial charge in [0.05, 0.1) is 17.2 Å². The highest BCUT2D eigenvalue weighted by atomic mass is 32.1. The summed E-state index contributed by atoms with van der Waals surface area (Å²) in [5, 5.41) is 12.2. The van der Waals surface area contributed by atoms with E-state index in [-0.39, 0.29) is 25.0 Å². The number of aliphatic hydroxyl groups excluding tert-OH is 1. The number of nitrogens with one attached hydrogen (secondary N) is 1. The van der Waals surface area contributed by atoms with E-state index in [4.69, 9.17) is 10.8 Å². The van der Waals surface area contributed by atoms with E-state index < -0.39 is 0 Å². The van der Waals surface area contributed by atoms with Gasteiger partial charge in [-0.05, 0) is 6.07 Å². The third-order valence-corrected chi connectivity index (χ3v) is 4.11. The molecule has 0 aliphatic carbocycles. The van der Waals surface area contributed by atoms with Crippen molar-refractivity contribution in [2.45, 2.75) is 0 Å². The van der Waals surface area contributed by atoms with Crippen LogP contribution in [0.3, 0.4) is 0 Å². The molecule has 0 aliphatic rings. The van der Waals surface area contributed by atoms with E-state index in [1.807, 2.05) is 30.3 Å². The zero-order valence-corrected chi connectivity index (χ0v) is 12.4. The summed E-state index contributed by atoms with van der Waals surface area (Å²) in [6.45, 7) is 0.116. The van der Waals surface area contributed by atoms with Crippen LogP contribution in [-0.4, -0.2) is 34.1 Å². The van der Waals surface area contributed by atoms with Gasteiger partial charge in [-0.3, -0.25) is 4.79 Å². The fraction of sp³-hybridized carbons (Fsp3) is 0.133. The van der Waals surface area contributed by atoms with Crippen LogP contribution in [0.5, 0.6) is 0 Å². The first-order valence-corrected chi connectivity index (χ1v) is 7.52. The Morgan fingerprint density at radius 2 is 2.05 bits per heavy atom. The fourth-order valence-corrected chi connectivity index (χ4v) is 3.08. The maximum atomic E-state index is 12.0. The number of rotatable bonds is 4. The summed E-state index contributed by atoms with van der Waals surface area (Å²) in [5.74, 6) is -0.0647. The van der Waals surface area contributed by atoms with Crippen LogP contribution in [0.1, 0.15) is 9.67 Å². The lowest BCUT2D eigenvalue weighted by Crippen LogP contribution is -2.25. The van der Waals surface area contributed by atoms with Crippen molar-refractivity contribution in [1.29, 1.82) is 0 Å². The third-order valence-electron chi connectivity index (χ3n) is 3.08. The molecule has 0 saturated heterocycles. The second kappa shape index (κ2) is 6.08. The number of nitrogens with zero attached hydrogens (tertiary/aromatic N) is 2. The van der Waals surface area contributed by atoms with Crippen molar-refractivity contribution in [3.8, 4) is 11.3 Å². The SMILES string of the molecule is Nc1nc(-c2ccccc2)c2cc(C(=O)NCCO)sc2n1. The van der Waals surface area contributed by atoms with E-state index in [0.717, 1.165) is 10.9 Å². The fourth-order valence-electron chi connectivity index (χ4n) is 2.12. The van der Waals surface area contributed by atoms with Crippen LogP contribution in [0.4, 0.5) is 5.95 Å². The van der Waals surface area contributed by atoms with Crippen molar-refractivity contribution >= 4 is 33.4 Å². The van der Waals surface area contributed by atoms with Crippen molar-refractivity contribution in [2.75, 3.05) is 18.9 Å². The van der Waals surface area contributed by atoms with Crippen LogP contribution in [0.15, 0.2) is 36.4 Å². The minimum Gasteiger partial charge on any atom is -0.395 e. The number of hydrogen-bond acceptors (Lipinski definition) is 6. The normalized spacial score (nSPS) is 10.8. The Morgan fingerprint density at radius 1 is 1.27 bits per heavy atom. The van der Waals surface area contributed by atoms with Gasteiger partial charge in [-0.15, -0.1) is 11.3 Å². The van der Waals surface area contributed by atoms with Gasteiger partial charge in [0, 0.05) is 17.5 Å². The van der Waals surface area contributed by atoms with E-state index in [9.17, 15) is 4.79 Å². The van der Waals surface area contributed by atoms with Gasteiger partial charge >= 0.3 is 0 Å². The molecule has 0 unspecified atom stereocenters. The molecule has 22 heavy (non-hydrogen) atoms. The van der Waals surface area contributed by atoms with Gasteiger partial charge in [0.15, 0.2) is 0 Å². The Bertz CT molecular complexity index is 817. The summed E-state index contributed by atoms with van der Waals surface area (Å²) in [6, 6.07) is 11.4. The first-order valence-electron chi connectivity index (χ1n) is 6.70. The molecule has 0 aliphatic heterocycles. The molecule has 1 amide bonds. The number of aromatic nitrogens is 2. The van der Waals surface area contributed by atoms with E-state index >= 15 is 0 Å². The highest BCUT2D eigenvalue weighted by Gasteiger charge is 2.15. The molecule has 7 heteroatoms. The van der Waals surface area contributed by atoms with Crippen LogP contribution in [0.2, 0.25) is 0 Å². The predicted molar refractivity (Wildman–Crippen MR) is 86.7 cm³/mol. The van der Waals surface area contributed by atoms with Crippen molar-refractivity contribution in [3.63, 3.8) is 0 Å². The van der Waals surface area contributed by atoms with Gasteiger partial charge in [-0.25, -0.2) is 9.97 Å².